The predicted molar refractivity (Wildman–Crippen MR) is 210 cm³/mol. The highest BCUT2D eigenvalue weighted by Crippen LogP contribution is 2.45. The van der Waals surface area contributed by atoms with E-state index in [1.54, 1.807) is 0 Å². The zero-order chi connectivity index (χ0) is 32.1. The van der Waals surface area contributed by atoms with E-state index in [1.807, 2.05) is 0 Å². The summed E-state index contributed by atoms with van der Waals surface area (Å²) in [4.78, 5) is 0. The molecule has 0 N–H and O–H groups in total. The van der Waals surface area contributed by atoms with Crippen molar-refractivity contribution in [3.8, 4) is 22.3 Å². The maximum atomic E-state index is 6.46. The lowest BCUT2D eigenvalue weighted by atomic mass is 9.85. The van der Waals surface area contributed by atoms with Crippen LogP contribution in [0.1, 0.15) is 0 Å². The van der Waals surface area contributed by atoms with Crippen molar-refractivity contribution in [2.75, 3.05) is 0 Å². The van der Waals surface area contributed by atoms with Crippen LogP contribution >= 0.6 is 0 Å². The molecule has 1 aromatic heterocycles. The second-order valence-corrected chi connectivity index (χ2v) is 13.2. The van der Waals surface area contributed by atoms with Gasteiger partial charge in [-0.1, -0.05) is 133 Å². The Hall–Kier alpha value is -6.44. The van der Waals surface area contributed by atoms with Gasteiger partial charge in [0.05, 0.1) is 0 Å². The lowest BCUT2D eigenvalue weighted by Crippen LogP contribution is -1.90. The highest BCUT2D eigenvalue weighted by Gasteiger charge is 2.17. The first-order valence-corrected chi connectivity index (χ1v) is 16.9. The third-order valence-corrected chi connectivity index (χ3v) is 10.6. The Bertz CT molecular complexity index is 3150. The van der Waals surface area contributed by atoms with E-state index in [0.29, 0.717) is 0 Å². The molecule has 0 aliphatic rings. The van der Waals surface area contributed by atoms with Crippen molar-refractivity contribution in [2.24, 2.45) is 0 Å². The van der Waals surface area contributed by atoms with Gasteiger partial charge < -0.3 is 4.42 Å². The molecule has 0 atom stereocenters. The lowest BCUT2D eigenvalue weighted by molar-refractivity contribution is 0.669. The molecule has 0 bridgehead atoms. The second kappa shape index (κ2) is 10.0. The zero-order valence-corrected chi connectivity index (χ0v) is 26.6. The average molecular weight is 621 g/mol. The molecule has 49 heavy (non-hydrogen) atoms. The molecule has 0 saturated carbocycles. The van der Waals surface area contributed by atoms with Crippen LogP contribution in [0.2, 0.25) is 0 Å². The van der Waals surface area contributed by atoms with Gasteiger partial charge in [-0.05, 0) is 123 Å². The Morgan fingerprint density at radius 2 is 0.694 bits per heavy atom. The molecule has 11 rings (SSSR count). The fourth-order valence-electron chi connectivity index (χ4n) is 8.30. The molecular formula is C48H28O. The quantitative estimate of drug-likeness (QED) is 0.175. The molecule has 0 aliphatic carbocycles. The summed E-state index contributed by atoms with van der Waals surface area (Å²) in [6.07, 6.45) is 0. The van der Waals surface area contributed by atoms with Gasteiger partial charge in [0.2, 0.25) is 0 Å². The zero-order valence-electron chi connectivity index (χ0n) is 26.6. The summed E-state index contributed by atoms with van der Waals surface area (Å²) in [5.74, 6) is 0. The van der Waals surface area contributed by atoms with Crippen molar-refractivity contribution >= 4 is 86.6 Å². The van der Waals surface area contributed by atoms with Gasteiger partial charge in [0.25, 0.3) is 0 Å². The SMILES string of the molecule is c1ccc(-c2ccc3c(c2)c2ccccc2c2c4ccc(-c5ccc6c(c5)oc5cc7ccccc7cc56)cc4c4ccccc4c32)cc1. The van der Waals surface area contributed by atoms with Gasteiger partial charge in [0, 0.05) is 10.8 Å². The fourth-order valence-corrected chi connectivity index (χ4v) is 8.30. The van der Waals surface area contributed by atoms with Crippen LogP contribution in [-0.2, 0) is 0 Å². The number of benzene rings is 10. The maximum Gasteiger partial charge on any atom is 0.136 e. The molecule has 0 aliphatic heterocycles. The van der Waals surface area contributed by atoms with Gasteiger partial charge in [0.1, 0.15) is 11.2 Å². The third-order valence-electron chi connectivity index (χ3n) is 10.6. The smallest absolute Gasteiger partial charge is 0.136 e. The minimum Gasteiger partial charge on any atom is -0.456 e. The minimum absolute atomic E-state index is 0.915. The van der Waals surface area contributed by atoms with Gasteiger partial charge in [-0.25, -0.2) is 0 Å². The highest BCUT2D eigenvalue weighted by atomic mass is 16.3. The van der Waals surface area contributed by atoms with E-state index in [-0.39, 0.29) is 0 Å². The van der Waals surface area contributed by atoms with E-state index in [9.17, 15) is 0 Å². The Kier molecular flexibility index (Phi) is 5.45. The van der Waals surface area contributed by atoms with E-state index in [4.69, 9.17) is 4.42 Å². The summed E-state index contributed by atoms with van der Waals surface area (Å²) in [6, 6.07) is 62.1. The minimum atomic E-state index is 0.915. The van der Waals surface area contributed by atoms with E-state index in [0.717, 1.165) is 27.5 Å². The van der Waals surface area contributed by atoms with Gasteiger partial charge in [-0.3, -0.25) is 0 Å². The molecule has 0 fully saturated rings. The van der Waals surface area contributed by atoms with Crippen molar-refractivity contribution in [1.29, 1.82) is 0 Å². The Balaban J connectivity index is 1.18. The Morgan fingerprint density at radius 3 is 1.33 bits per heavy atom. The Morgan fingerprint density at radius 1 is 0.245 bits per heavy atom. The number of hydrogen-bond acceptors (Lipinski definition) is 1. The number of rotatable bonds is 2. The lowest BCUT2D eigenvalue weighted by Gasteiger charge is -2.17. The van der Waals surface area contributed by atoms with Crippen molar-refractivity contribution in [2.45, 2.75) is 0 Å². The number of furan rings is 1. The first-order chi connectivity index (χ1) is 24.3. The summed E-state index contributed by atoms with van der Waals surface area (Å²) < 4.78 is 6.46. The standard InChI is InChI=1S/C48H28O/c1-2-10-29(11-3-1)32-19-22-40-42(24-32)35-14-6-8-16-38(35)48-41-23-20-33(25-43(41)36-15-7-9-17-39(36)47(40)48)34-18-21-37-44-26-30-12-4-5-13-31(30)27-46(44)49-45(37)28-34/h1-28H. The average Bonchev–Trinajstić information content (AvgIpc) is 3.53. The molecular weight excluding hydrogens is 593 g/mol. The summed E-state index contributed by atoms with van der Waals surface area (Å²) in [7, 11) is 0. The van der Waals surface area contributed by atoms with Crippen molar-refractivity contribution < 1.29 is 4.42 Å². The summed E-state index contributed by atoms with van der Waals surface area (Å²) in [5, 5.41) is 17.6. The molecule has 0 unspecified atom stereocenters. The van der Waals surface area contributed by atoms with E-state index in [2.05, 4.69) is 170 Å². The molecule has 1 heteroatoms. The van der Waals surface area contributed by atoms with Crippen LogP contribution in [0.25, 0.3) is 109 Å². The summed E-state index contributed by atoms with van der Waals surface area (Å²) >= 11 is 0. The number of fused-ring (bicyclic) bond motifs is 15. The molecule has 10 aromatic carbocycles. The highest BCUT2D eigenvalue weighted by molar-refractivity contribution is 6.39. The van der Waals surface area contributed by atoms with Crippen molar-refractivity contribution in [3.63, 3.8) is 0 Å². The van der Waals surface area contributed by atoms with Crippen LogP contribution in [0.4, 0.5) is 0 Å². The maximum absolute atomic E-state index is 6.46. The van der Waals surface area contributed by atoms with Crippen LogP contribution in [0.15, 0.2) is 174 Å². The van der Waals surface area contributed by atoms with Crippen LogP contribution < -0.4 is 0 Å². The van der Waals surface area contributed by atoms with Gasteiger partial charge >= 0.3 is 0 Å². The topological polar surface area (TPSA) is 13.1 Å². The van der Waals surface area contributed by atoms with Crippen LogP contribution in [0.3, 0.4) is 0 Å². The van der Waals surface area contributed by atoms with Gasteiger partial charge in [0.15, 0.2) is 0 Å². The summed E-state index contributed by atoms with van der Waals surface area (Å²) in [6.45, 7) is 0. The molecule has 226 valence electrons. The van der Waals surface area contributed by atoms with Crippen LogP contribution in [-0.4, -0.2) is 0 Å². The first kappa shape index (κ1) is 26.6. The van der Waals surface area contributed by atoms with E-state index < -0.39 is 0 Å². The molecule has 11 aromatic rings. The molecule has 0 radical (unpaired) electrons. The van der Waals surface area contributed by atoms with Gasteiger partial charge in [-0.2, -0.15) is 0 Å². The second-order valence-electron chi connectivity index (χ2n) is 13.2. The summed E-state index contributed by atoms with van der Waals surface area (Å²) in [5.41, 5.74) is 6.65. The van der Waals surface area contributed by atoms with Crippen molar-refractivity contribution in [1.82, 2.24) is 0 Å². The van der Waals surface area contributed by atoms with Crippen LogP contribution in [0.5, 0.6) is 0 Å². The third kappa shape index (κ3) is 3.87. The van der Waals surface area contributed by atoms with Crippen LogP contribution in [0, 0.1) is 0 Å². The Labute approximate surface area is 282 Å². The van der Waals surface area contributed by atoms with E-state index in [1.165, 1.54) is 81.3 Å². The first-order valence-electron chi connectivity index (χ1n) is 16.9. The molecule has 0 amide bonds. The monoisotopic (exact) mass is 620 g/mol. The normalized spacial score (nSPS) is 12.1. The van der Waals surface area contributed by atoms with Gasteiger partial charge in [-0.15, -0.1) is 0 Å². The predicted octanol–water partition coefficient (Wildman–Crippen LogP) is 13.8. The van der Waals surface area contributed by atoms with E-state index >= 15 is 0 Å². The fraction of sp³-hybridized carbons (Fsp3) is 0. The molecule has 1 heterocycles. The molecule has 1 nitrogen and oxygen atoms in total. The molecule has 0 saturated heterocycles. The van der Waals surface area contributed by atoms with Crippen molar-refractivity contribution in [3.05, 3.63) is 170 Å². The largest absolute Gasteiger partial charge is 0.456 e. The number of hydrogen-bond donors (Lipinski definition) is 0. The molecule has 0 spiro atoms.